The van der Waals surface area contributed by atoms with E-state index in [-0.39, 0.29) is 11.8 Å². The molecule has 3 rings (SSSR count). The van der Waals surface area contributed by atoms with Gasteiger partial charge in [0.25, 0.3) is 11.8 Å². The Morgan fingerprint density at radius 1 is 0.923 bits per heavy atom. The molecule has 2 aromatic carbocycles. The van der Waals surface area contributed by atoms with Crippen LogP contribution in [-0.4, -0.2) is 16.8 Å². The number of carbonyl (C=O) groups is 2. The number of anilines is 1. The van der Waals surface area contributed by atoms with Crippen LogP contribution in [0.15, 0.2) is 78.0 Å². The van der Waals surface area contributed by atoms with Crippen LogP contribution in [0.2, 0.25) is 0 Å². The molecule has 0 unspecified atom stereocenters. The minimum Gasteiger partial charge on any atom is -0.348 e. The number of nitrogens with one attached hydrogen (secondary N) is 2. The van der Waals surface area contributed by atoms with Gasteiger partial charge in [-0.3, -0.25) is 14.6 Å². The van der Waals surface area contributed by atoms with Gasteiger partial charge in [0.05, 0.1) is 11.1 Å². The minimum absolute atomic E-state index is 0.180. The number of carbonyl (C=O) groups excluding carboxylic acids is 2. The number of amides is 2. The highest BCUT2D eigenvalue weighted by Gasteiger charge is 2.09. The molecule has 0 aliphatic rings. The van der Waals surface area contributed by atoms with Crippen LogP contribution in [0.25, 0.3) is 0 Å². The zero-order valence-corrected chi connectivity index (χ0v) is 14.7. The van der Waals surface area contributed by atoms with Gasteiger partial charge in [-0.2, -0.15) is 0 Å². The van der Waals surface area contributed by atoms with Crippen LogP contribution in [-0.2, 0) is 6.54 Å². The van der Waals surface area contributed by atoms with Crippen LogP contribution in [0.4, 0.5) is 5.69 Å². The van der Waals surface area contributed by atoms with Crippen molar-refractivity contribution in [3.05, 3.63) is 89.7 Å². The lowest BCUT2D eigenvalue weighted by Gasteiger charge is -2.09. The van der Waals surface area contributed by atoms with Crippen LogP contribution >= 0.6 is 12.6 Å². The van der Waals surface area contributed by atoms with Crippen LogP contribution in [0, 0.1) is 0 Å². The molecule has 26 heavy (non-hydrogen) atoms. The Labute approximate surface area is 156 Å². The third kappa shape index (κ3) is 4.49. The molecule has 0 aliphatic carbocycles. The van der Waals surface area contributed by atoms with Gasteiger partial charge in [0.15, 0.2) is 0 Å². The number of nitrogens with zero attached hydrogens (tertiary/aromatic N) is 1. The molecule has 1 heterocycles. The fraction of sp³-hybridized carbons (Fsp3) is 0.0500. The quantitative estimate of drug-likeness (QED) is 0.607. The van der Waals surface area contributed by atoms with Crippen molar-refractivity contribution in [1.82, 2.24) is 10.3 Å². The van der Waals surface area contributed by atoms with Crippen molar-refractivity contribution in [3.8, 4) is 0 Å². The smallest absolute Gasteiger partial charge is 0.256 e. The number of hydrogen-bond acceptors (Lipinski definition) is 4. The second-order valence-electron chi connectivity index (χ2n) is 5.59. The first kappa shape index (κ1) is 17.7. The first-order chi connectivity index (χ1) is 12.6. The maximum Gasteiger partial charge on any atom is 0.256 e. The lowest BCUT2D eigenvalue weighted by molar-refractivity contribution is 0.0949. The summed E-state index contributed by atoms with van der Waals surface area (Å²) in [6, 6.07) is 17.8. The second kappa shape index (κ2) is 8.31. The molecule has 0 fully saturated rings. The lowest BCUT2D eigenvalue weighted by atomic mass is 10.1. The summed E-state index contributed by atoms with van der Waals surface area (Å²) in [5, 5.41) is 5.67. The zero-order chi connectivity index (χ0) is 18.4. The summed E-state index contributed by atoms with van der Waals surface area (Å²) in [6.45, 7) is 0.390. The third-order valence-electron chi connectivity index (χ3n) is 3.74. The van der Waals surface area contributed by atoms with Crippen LogP contribution < -0.4 is 10.6 Å². The van der Waals surface area contributed by atoms with Crippen LogP contribution in [0.5, 0.6) is 0 Å². The summed E-state index contributed by atoms with van der Waals surface area (Å²) in [5.41, 5.74) is 2.63. The molecule has 0 saturated carbocycles. The van der Waals surface area contributed by atoms with Gasteiger partial charge in [-0.25, -0.2) is 0 Å². The zero-order valence-electron chi connectivity index (χ0n) is 13.8. The predicted molar refractivity (Wildman–Crippen MR) is 103 cm³/mol. The second-order valence-corrected chi connectivity index (χ2v) is 6.07. The van der Waals surface area contributed by atoms with Crippen molar-refractivity contribution in [2.75, 3.05) is 5.32 Å². The van der Waals surface area contributed by atoms with E-state index in [2.05, 4.69) is 28.2 Å². The summed E-state index contributed by atoms with van der Waals surface area (Å²) < 4.78 is 0. The monoisotopic (exact) mass is 363 g/mol. The number of benzene rings is 2. The van der Waals surface area contributed by atoms with Gasteiger partial charge in [0.1, 0.15) is 0 Å². The van der Waals surface area contributed by atoms with Crippen molar-refractivity contribution < 1.29 is 9.59 Å². The van der Waals surface area contributed by atoms with E-state index in [0.717, 1.165) is 5.56 Å². The molecule has 0 saturated heterocycles. The molecule has 5 nitrogen and oxygen atoms in total. The molecule has 2 N–H and O–H groups in total. The average molecular weight is 363 g/mol. The largest absolute Gasteiger partial charge is 0.348 e. The van der Waals surface area contributed by atoms with Crippen LogP contribution in [0.1, 0.15) is 26.3 Å². The van der Waals surface area contributed by atoms with Crippen molar-refractivity contribution in [3.63, 3.8) is 0 Å². The van der Waals surface area contributed by atoms with Crippen molar-refractivity contribution >= 4 is 30.1 Å². The molecule has 1 aromatic heterocycles. The maximum absolute atomic E-state index is 12.3. The van der Waals surface area contributed by atoms with Gasteiger partial charge in [0, 0.05) is 29.5 Å². The highest BCUT2D eigenvalue weighted by molar-refractivity contribution is 7.80. The summed E-state index contributed by atoms with van der Waals surface area (Å²) in [5.74, 6) is -0.394. The summed E-state index contributed by atoms with van der Waals surface area (Å²) in [4.78, 5) is 28.8. The Bertz CT molecular complexity index is 912. The first-order valence-corrected chi connectivity index (χ1v) is 8.45. The van der Waals surface area contributed by atoms with E-state index < -0.39 is 0 Å². The Morgan fingerprint density at radius 3 is 2.38 bits per heavy atom. The predicted octanol–water partition coefficient (Wildman–Crippen LogP) is 3.55. The third-order valence-corrected chi connectivity index (χ3v) is 4.13. The van der Waals surface area contributed by atoms with Gasteiger partial charge in [-0.05, 0) is 42.0 Å². The number of pyridine rings is 1. The fourth-order valence-corrected chi connectivity index (χ4v) is 2.61. The van der Waals surface area contributed by atoms with E-state index in [1.165, 1.54) is 6.20 Å². The minimum atomic E-state index is -0.215. The number of rotatable bonds is 5. The molecular formula is C20H17N3O2S. The highest BCUT2D eigenvalue weighted by Crippen LogP contribution is 2.16. The number of thiol groups is 1. The SMILES string of the molecule is O=C(NCc1ccc(NC(=O)c2ccccc2S)cc1)c1cccnc1. The summed E-state index contributed by atoms with van der Waals surface area (Å²) in [7, 11) is 0. The lowest BCUT2D eigenvalue weighted by Crippen LogP contribution is -2.22. The van der Waals surface area contributed by atoms with E-state index >= 15 is 0 Å². The van der Waals surface area contributed by atoms with Gasteiger partial charge >= 0.3 is 0 Å². The topological polar surface area (TPSA) is 71.1 Å². The fourth-order valence-electron chi connectivity index (χ4n) is 2.35. The average Bonchev–Trinajstić information content (AvgIpc) is 2.68. The number of hydrogen-bond donors (Lipinski definition) is 3. The van der Waals surface area contributed by atoms with Crippen molar-refractivity contribution in [2.24, 2.45) is 0 Å². The Kier molecular flexibility index (Phi) is 5.66. The molecule has 6 heteroatoms. The Morgan fingerprint density at radius 2 is 1.69 bits per heavy atom. The van der Waals surface area contributed by atoms with Crippen molar-refractivity contribution in [2.45, 2.75) is 11.4 Å². The summed E-state index contributed by atoms with van der Waals surface area (Å²) in [6.07, 6.45) is 3.14. The van der Waals surface area contributed by atoms with Gasteiger partial charge in [-0.15, -0.1) is 12.6 Å². The molecule has 3 aromatic rings. The molecule has 0 aliphatic heterocycles. The normalized spacial score (nSPS) is 10.2. The molecule has 0 bridgehead atoms. The first-order valence-electron chi connectivity index (χ1n) is 8.00. The molecule has 2 amide bonds. The van der Waals surface area contributed by atoms with E-state index in [1.807, 2.05) is 18.2 Å². The van der Waals surface area contributed by atoms with E-state index in [1.54, 1.807) is 48.7 Å². The van der Waals surface area contributed by atoms with Gasteiger partial charge < -0.3 is 10.6 Å². The molecule has 0 atom stereocenters. The number of aromatic nitrogens is 1. The van der Waals surface area contributed by atoms with Gasteiger partial charge in [-0.1, -0.05) is 24.3 Å². The van der Waals surface area contributed by atoms with E-state index in [9.17, 15) is 9.59 Å². The molecule has 130 valence electrons. The van der Waals surface area contributed by atoms with Crippen LogP contribution in [0.3, 0.4) is 0 Å². The molecule has 0 spiro atoms. The van der Waals surface area contributed by atoms with Gasteiger partial charge in [0.2, 0.25) is 0 Å². The van der Waals surface area contributed by atoms with Crippen molar-refractivity contribution in [1.29, 1.82) is 0 Å². The maximum atomic E-state index is 12.3. The molecule has 0 radical (unpaired) electrons. The Hall–Kier alpha value is -3.12. The standard InChI is InChI=1S/C20H17N3O2S/c24-19(15-4-3-11-21-13-15)22-12-14-7-9-16(10-8-14)23-20(25)17-5-1-2-6-18(17)26/h1-11,13,26H,12H2,(H,22,24)(H,23,25). The summed E-state index contributed by atoms with van der Waals surface area (Å²) >= 11 is 4.29. The molecular weight excluding hydrogens is 346 g/mol. The Balaban J connectivity index is 1.58. The van der Waals surface area contributed by atoms with E-state index in [0.29, 0.717) is 28.3 Å². The van der Waals surface area contributed by atoms with E-state index in [4.69, 9.17) is 0 Å². The highest BCUT2D eigenvalue weighted by atomic mass is 32.1.